The fraction of sp³-hybridized carbons (Fsp3) is 1.00. The molecule has 2 heteroatoms. The minimum absolute atomic E-state index is 0.665. The van der Waals surface area contributed by atoms with Crippen LogP contribution >= 0.6 is 0 Å². The number of nitrogens with one attached hydrogen (secondary N) is 1. The van der Waals surface area contributed by atoms with Crippen molar-refractivity contribution in [3.8, 4) is 0 Å². The van der Waals surface area contributed by atoms with Gasteiger partial charge in [-0.15, -0.1) is 0 Å². The van der Waals surface area contributed by atoms with Crippen molar-refractivity contribution in [2.24, 2.45) is 5.41 Å². The van der Waals surface area contributed by atoms with Gasteiger partial charge < -0.3 is 10.2 Å². The molecule has 1 unspecified atom stereocenters. The maximum Gasteiger partial charge on any atom is 0.00799 e. The molecule has 14 heavy (non-hydrogen) atoms. The lowest BCUT2D eigenvalue weighted by molar-refractivity contribution is 0.340. The lowest BCUT2D eigenvalue weighted by atomic mass is 10.1. The molecule has 2 fully saturated rings. The number of hydrogen-bond acceptors (Lipinski definition) is 2. The van der Waals surface area contributed by atoms with Crippen LogP contribution in [0.1, 0.15) is 39.0 Å². The molecule has 0 aromatic carbocycles. The smallest absolute Gasteiger partial charge is 0.00799 e. The van der Waals surface area contributed by atoms with Crippen LogP contribution in [-0.2, 0) is 0 Å². The molecule has 0 aromatic rings. The van der Waals surface area contributed by atoms with Crippen LogP contribution in [0.2, 0.25) is 0 Å². The van der Waals surface area contributed by atoms with Crippen LogP contribution in [0.3, 0.4) is 0 Å². The monoisotopic (exact) mass is 196 g/mol. The molecule has 1 saturated heterocycles. The summed E-state index contributed by atoms with van der Waals surface area (Å²) in [7, 11) is 2.24. The fourth-order valence-corrected chi connectivity index (χ4v) is 2.22. The van der Waals surface area contributed by atoms with Crippen molar-refractivity contribution in [2.45, 2.75) is 45.1 Å². The van der Waals surface area contributed by atoms with Crippen LogP contribution in [-0.4, -0.2) is 37.6 Å². The Hall–Kier alpha value is -0.0800. The van der Waals surface area contributed by atoms with Crippen LogP contribution in [0.15, 0.2) is 0 Å². The standard InChI is InChI=1S/C12H24N2/c1-12(6-7-12)10-13-11-4-3-8-14(2)9-5-11/h11,13H,3-10H2,1-2H3. The summed E-state index contributed by atoms with van der Waals surface area (Å²) in [6.45, 7) is 6.22. The SMILES string of the molecule is CN1CCCC(NCC2(C)CC2)CC1. The molecule has 2 aliphatic rings. The predicted molar refractivity (Wildman–Crippen MR) is 60.5 cm³/mol. The van der Waals surface area contributed by atoms with E-state index in [0.29, 0.717) is 5.41 Å². The van der Waals surface area contributed by atoms with Crippen molar-refractivity contribution in [3.63, 3.8) is 0 Å². The van der Waals surface area contributed by atoms with Crippen molar-refractivity contribution in [1.82, 2.24) is 10.2 Å². The molecule has 1 saturated carbocycles. The maximum atomic E-state index is 3.76. The molecule has 1 heterocycles. The highest BCUT2D eigenvalue weighted by Gasteiger charge is 2.37. The molecule has 1 aliphatic heterocycles. The number of likely N-dealkylation sites (tertiary alicyclic amines) is 1. The van der Waals surface area contributed by atoms with E-state index in [4.69, 9.17) is 0 Å². The second kappa shape index (κ2) is 4.19. The van der Waals surface area contributed by atoms with Crippen molar-refractivity contribution in [1.29, 1.82) is 0 Å². The third-order valence-electron chi connectivity index (χ3n) is 3.87. The van der Waals surface area contributed by atoms with E-state index >= 15 is 0 Å². The van der Waals surface area contributed by atoms with Crippen molar-refractivity contribution >= 4 is 0 Å². The molecule has 2 nitrogen and oxygen atoms in total. The Morgan fingerprint density at radius 3 is 2.79 bits per heavy atom. The second-order valence-corrected chi connectivity index (χ2v) is 5.62. The molecule has 1 N–H and O–H groups in total. The average Bonchev–Trinajstić information content (AvgIpc) is 2.90. The van der Waals surface area contributed by atoms with Crippen LogP contribution in [0.5, 0.6) is 0 Å². The first-order chi connectivity index (χ1) is 6.68. The van der Waals surface area contributed by atoms with Crippen molar-refractivity contribution in [2.75, 3.05) is 26.7 Å². The number of hydrogen-bond donors (Lipinski definition) is 1. The first-order valence-corrected chi connectivity index (χ1v) is 6.10. The number of nitrogens with zero attached hydrogens (tertiary/aromatic N) is 1. The highest BCUT2D eigenvalue weighted by molar-refractivity contribution is 4.91. The van der Waals surface area contributed by atoms with Gasteiger partial charge in [-0.3, -0.25) is 0 Å². The molecule has 0 aromatic heterocycles. The summed E-state index contributed by atoms with van der Waals surface area (Å²) >= 11 is 0. The summed E-state index contributed by atoms with van der Waals surface area (Å²) in [5.74, 6) is 0. The largest absolute Gasteiger partial charge is 0.313 e. The maximum absolute atomic E-state index is 3.76. The quantitative estimate of drug-likeness (QED) is 0.741. The summed E-state index contributed by atoms with van der Waals surface area (Å²) in [5.41, 5.74) is 0.665. The third-order valence-corrected chi connectivity index (χ3v) is 3.87. The van der Waals surface area contributed by atoms with Crippen LogP contribution in [0.4, 0.5) is 0 Å². The van der Waals surface area contributed by atoms with E-state index in [0.717, 1.165) is 6.04 Å². The van der Waals surface area contributed by atoms with E-state index in [1.54, 1.807) is 0 Å². The molecule has 1 aliphatic carbocycles. The van der Waals surface area contributed by atoms with E-state index in [1.165, 1.54) is 51.7 Å². The van der Waals surface area contributed by atoms with E-state index in [2.05, 4.69) is 24.2 Å². The summed E-state index contributed by atoms with van der Waals surface area (Å²) in [6.07, 6.45) is 6.96. The topological polar surface area (TPSA) is 15.3 Å². The van der Waals surface area contributed by atoms with Gasteiger partial charge in [-0.2, -0.15) is 0 Å². The van der Waals surface area contributed by atoms with Crippen LogP contribution < -0.4 is 5.32 Å². The summed E-state index contributed by atoms with van der Waals surface area (Å²) < 4.78 is 0. The van der Waals surface area contributed by atoms with E-state index < -0.39 is 0 Å². The molecular weight excluding hydrogens is 172 g/mol. The first-order valence-electron chi connectivity index (χ1n) is 6.10. The predicted octanol–water partition coefficient (Wildman–Crippen LogP) is 1.86. The summed E-state index contributed by atoms with van der Waals surface area (Å²) in [5, 5.41) is 3.76. The number of rotatable bonds is 3. The highest BCUT2D eigenvalue weighted by atomic mass is 15.1. The molecular formula is C12H24N2. The Balaban J connectivity index is 1.69. The van der Waals surface area contributed by atoms with Crippen LogP contribution in [0, 0.1) is 5.41 Å². The van der Waals surface area contributed by atoms with Gasteiger partial charge in [0.15, 0.2) is 0 Å². The molecule has 1 atom stereocenters. The summed E-state index contributed by atoms with van der Waals surface area (Å²) in [4.78, 5) is 2.46. The molecule has 82 valence electrons. The van der Waals surface area contributed by atoms with Gasteiger partial charge in [0, 0.05) is 12.6 Å². The van der Waals surface area contributed by atoms with E-state index in [-0.39, 0.29) is 0 Å². The first kappa shape index (κ1) is 10.4. The minimum Gasteiger partial charge on any atom is -0.313 e. The van der Waals surface area contributed by atoms with Gasteiger partial charge in [0.1, 0.15) is 0 Å². The van der Waals surface area contributed by atoms with Gasteiger partial charge in [-0.05, 0) is 57.7 Å². The zero-order valence-corrected chi connectivity index (χ0v) is 9.68. The Labute approximate surface area is 88.1 Å². The Kier molecular flexibility index (Phi) is 3.13. The molecule has 2 rings (SSSR count). The zero-order valence-electron chi connectivity index (χ0n) is 9.68. The molecule has 0 amide bonds. The molecule has 0 spiro atoms. The average molecular weight is 196 g/mol. The third kappa shape index (κ3) is 2.96. The van der Waals surface area contributed by atoms with Crippen LogP contribution in [0.25, 0.3) is 0 Å². The van der Waals surface area contributed by atoms with Gasteiger partial charge in [-0.1, -0.05) is 6.92 Å². The van der Waals surface area contributed by atoms with Gasteiger partial charge in [0.05, 0.1) is 0 Å². The lowest BCUT2D eigenvalue weighted by Gasteiger charge is -2.19. The van der Waals surface area contributed by atoms with E-state index in [9.17, 15) is 0 Å². The van der Waals surface area contributed by atoms with Crippen molar-refractivity contribution in [3.05, 3.63) is 0 Å². The lowest BCUT2D eigenvalue weighted by Crippen LogP contribution is -2.34. The van der Waals surface area contributed by atoms with E-state index in [1.807, 2.05) is 0 Å². The highest BCUT2D eigenvalue weighted by Crippen LogP contribution is 2.44. The zero-order chi connectivity index (χ0) is 10.0. The Morgan fingerprint density at radius 1 is 1.29 bits per heavy atom. The van der Waals surface area contributed by atoms with Gasteiger partial charge in [0.2, 0.25) is 0 Å². The summed E-state index contributed by atoms with van der Waals surface area (Å²) in [6, 6.07) is 0.789. The Bertz CT molecular complexity index is 187. The van der Waals surface area contributed by atoms with Gasteiger partial charge >= 0.3 is 0 Å². The second-order valence-electron chi connectivity index (χ2n) is 5.62. The molecule has 0 radical (unpaired) electrons. The molecule has 0 bridgehead atoms. The fourth-order valence-electron chi connectivity index (χ4n) is 2.22. The van der Waals surface area contributed by atoms with Gasteiger partial charge in [0.25, 0.3) is 0 Å². The van der Waals surface area contributed by atoms with Gasteiger partial charge in [-0.25, -0.2) is 0 Å². The normalized spacial score (nSPS) is 32.6. The van der Waals surface area contributed by atoms with Crippen molar-refractivity contribution < 1.29 is 0 Å². The minimum atomic E-state index is 0.665. The Morgan fingerprint density at radius 2 is 2.07 bits per heavy atom.